The van der Waals surface area contributed by atoms with Gasteiger partial charge in [-0.25, -0.2) is 9.37 Å². The highest BCUT2D eigenvalue weighted by atomic mass is 32.1. The molecule has 2 rings (SSSR count). The van der Waals surface area contributed by atoms with Gasteiger partial charge in [0.15, 0.2) is 5.13 Å². The number of amides is 1. The summed E-state index contributed by atoms with van der Waals surface area (Å²) in [5.41, 5.74) is 1.45. The molecule has 2 aromatic rings. The van der Waals surface area contributed by atoms with Crippen molar-refractivity contribution >= 4 is 28.1 Å². The van der Waals surface area contributed by atoms with Crippen LogP contribution in [0.1, 0.15) is 5.69 Å². The number of benzene rings is 1. The zero-order valence-electron chi connectivity index (χ0n) is 10.7. The summed E-state index contributed by atoms with van der Waals surface area (Å²) >= 11 is 1.40. The molecule has 0 saturated heterocycles. The molecule has 1 heterocycles. The smallest absolute Gasteiger partial charge is 0.226 e. The molecule has 6 heteroatoms. The Labute approximate surface area is 120 Å². The van der Waals surface area contributed by atoms with E-state index in [1.807, 2.05) is 5.38 Å². The number of hydrogen-bond acceptors (Lipinski definition) is 4. The van der Waals surface area contributed by atoms with Crippen LogP contribution in [0.4, 0.5) is 15.2 Å². The maximum absolute atomic E-state index is 12.8. The Balaban J connectivity index is 1.93. The first-order valence-electron chi connectivity index (χ1n) is 6.02. The van der Waals surface area contributed by atoms with Gasteiger partial charge in [-0.05, 0) is 24.3 Å². The van der Waals surface area contributed by atoms with E-state index in [0.717, 1.165) is 5.69 Å². The van der Waals surface area contributed by atoms with Gasteiger partial charge in [0.05, 0.1) is 12.1 Å². The zero-order chi connectivity index (χ0) is 14.4. The van der Waals surface area contributed by atoms with Gasteiger partial charge >= 0.3 is 0 Å². The van der Waals surface area contributed by atoms with Crippen molar-refractivity contribution in [2.24, 2.45) is 0 Å². The molecule has 1 aromatic carbocycles. The third-order valence-electron chi connectivity index (χ3n) is 2.43. The van der Waals surface area contributed by atoms with Gasteiger partial charge in [-0.1, -0.05) is 6.08 Å². The van der Waals surface area contributed by atoms with Crippen molar-refractivity contribution in [1.29, 1.82) is 0 Å². The van der Waals surface area contributed by atoms with Crippen molar-refractivity contribution in [3.8, 4) is 0 Å². The topological polar surface area (TPSA) is 54.0 Å². The second-order valence-corrected chi connectivity index (χ2v) is 4.90. The Morgan fingerprint density at radius 2 is 2.15 bits per heavy atom. The molecular weight excluding hydrogens is 277 g/mol. The quantitative estimate of drug-likeness (QED) is 0.805. The molecule has 0 bridgehead atoms. The number of thiazole rings is 1. The van der Waals surface area contributed by atoms with Gasteiger partial charge in [-0.3, -0.25) is 4.79 Å². The Morgan fingerprint density at radius 1 is 1.40 bits per heavy atom. The van der Waals surface area contributed by atoms with Crippen LogP contribution in [0.5, 0.6) is 0 Å². The fourth-order valence-electron chi connectivity index (χ4n) is 1.52. The summed E-state index contributed by atoms with van der Waals surface area (Å²) in [7, 11) is 0. The van der Waals surface area contributed by atoms with Gasteiger partial charge in [-0.15, -0.1) is 17.9 Å². The van der Waals surface area contributed by atoms with Gasteiger partial charge in [0, 0.05) is 17.6 Å². The lowest BCUT2D eigenvalue weighted by atomic mass is 10.3. The van der Waals surface area contributed by atoms with E-state index in [4.69, 9.17) is 0 Å². The Morgan fingerprint density at radius 3 is 2.85 bits per heavy atom. The molecule has 0 radical (unpaired) electrons. The lowest BCUT2D eigenvalue weighted by molar-refractivity contribution is -0.120. The minimum Gasteiger partial charge on any atom is -0.352 e. The summed E-state index contributed by atoms with van der Waals surface area (Å²) in [6.45, 7) is 3.98. The highest BCUT2D eigenvalue weighted by Crippen LogP contribution is 2.21. The number of carbonyl (C=O) groups excluding carboxylic acids is 1. The van der Waals surface area contributed by atoms with E-state index >= 15 is 0 Å². The molecule has 1 aromatic heterocycles. The van der Waals surface area contributed by atoms with Crippen LogP contribution in [0.15, 0.2) is 42.3 Å². The molecule has 0 spiro atoms. The molecule has 2 N–H and O–H groups in total. The molecule has 4 nitrogen and oxygen atoms in total. The predicted octanol–water partition coefficient (Wildman–Crippen LogP) is 2.87. The molecule has 104 valence electrons. The number of halogens is 1. The van der Waals surface area contributed by atoms with E-state index in [1.54, 1.807) is 18.2 Å². The Kier molecular flexibility index (Phi) is 4.84. The number of carbonyl (C=O) groups is 1. The maximum atomic E-state index is 12.8. The largest absolute Gasteiger partial charge is 0.352 e. The van der Waals surface area contributed by atoms with Gasteiger partial charge in [0.25, 0.3) is 0 Å². The highest BCUT2D eigenvalue weighted by molar-refractivity contribution is 7.13. The molecule has 0 aliphatic carbocycles. The first kappa shape index (κ1) is 14.2. The third kappa shape index (κ3) is 4.17. The molecule has 0 atom stereocenters. The van der Waals surface area contributed by atoms with Gasteiger partial charge in [0.2, 0.25) is 5.91 Å². The molecule has 0 fully saturated rings. The molecule has 0 unspecified atom stereocenters. The number of nitrogens with one attached hydrogen (secondary N) is 2. The van der Waals surface area contributed by atoms with Gasteiger partial charge in [0.1, 0.15) is 5.82 Å². The van der Waals surface area contributed by atoms with Gasteiger partial charge in [-0.2, -0.15) is 0 Å². The maximum Gasteiger partial charge on any atom is 0.226 e. The van der Waals surface area contributed by atoms with Crippen LogP contribution in [0.3, 0.4) is 0 Å². The number of rotatable bonds is 6. The molecule has 0 aliphatic heterocycles. The second kappa shape index (κ2) is 6.81. The fraction of sp³-hybridized carbons (Fsp3) is 0.143. The Hall–Kier alpha value is -2.21. The van der Waals surface area contributed by atoms with Crippen molar-refractivity contribution in [3.63, 3.8) is 0 Å². The lowest BCUT2D eigenvalue weighted by Crippen LogP contribution is -2.25. The normalized spacial score (nSPS) is 10.1. The fourth-order valence-corrected chi connectivity index (χ4v) is 2.25. The van der Waals surface area contributed by atoms with E-state index in [-0.39, 0.29) is 18.1 Å². The van der Waals surface area contributed by atoms with E-state index in [1.165, 1.54) is 23.5 Å². The number of hydrogen-bond donors (Lipinski definition) is 2. The minimum atomic E-state index is -0.283. The van der Waals surface area contributed by atoms with E-state index in [2.05, 4.69) is 22.2 Å². The van der Waals surface area contributed by atoms with Crippen molar-refractivity contribution in [2.75, 3.05) is 11.9 Å². The minimum absolute atomic E-state index is 0.0940. The van der Waals surface area contributed by atoms with Crippen molar-refractivity contribution in [2.45, 2.75) is 6.42 Å². The standard InChI is InChI=1S/C14H14FN3OS/c1-2-7-16-13(19)8-12-9-20-14(18-12)17-11-5-3-10(15)4-6-11/h2-6,9H,1,7-8H2,(H,16,19)(H,17,18). The summed E-state index contributed by atoms with van der Waals surface area (Å²) in [6.07, 6.45) is 1.86. The SMILES string of the molecule is C=CCNC(=O)Cc1csc(Nc2ccc(F)cc2)n1. The van der Waals surface area contributed by atoms with Crippen LogP contribution in [-0.2, 0) is 11.2 Å². The highest BCUT2D eigenvalue weighted by Gasteiger charge is 2.07. The van der Waals surface area contributed by atoms with Crippen LogP contribution >= 0.6 is 11.3 Å². The summed E-state index contributed by atoms with van der Waals surface area (Å²) in [4.78, 5) is 15.8. The number of aromatic nitrogens is 1. The van der Waals surface area contributed by atoms with E-state index in [0.29, 0.717) is 17.4 Å². The monoisotopic (exact) mass is 291 g/mol. The lowest BCUT2D eigenvalue weighted by Gasteiger charge is -2.01. The van der Waals surface area contributed by atoms with Crippen LogP contribution < -0.4 is 10.6 Å². The Bertz CT molecular complexity index is 595. The third-order valence-corrected chi connectivity index (χ3v) is 3.24. The summed E-state index contributed by atoms with van der Waals surface area (Å²) < 4.78 is 12.8. The first-order chi connectivity index (χ1) is 9.67. The van der Waals surface area contributed by atoms with Crippen molar-refractivity contribution in [1.82, 2.24) is 10.3 Å². The van der Waals surface area contributed by atoms with Gasteiger partial charge < -0.3 is 10.6 Å². The molecular formula is C14H14FN3OS. The van der Waals surface area contributed by atoms with E-state index in [9.17, 15) is 9.18 Å². The predicted molar refractivity (Wildman–Crippen MR) is 78.7 cm³/mol. The number of nitrogens with zero attached hydrogens (tertiary/aromatic N) is 1. The summed E-state index contributed by atoms with van der Waals surface area (Å²) in [6, 6.07) is 6.01. The zero-order valence-corrected chi connectivity index (χ0v) is 11.5. The summed E-state index contributed by atoms with van der Waals surface area (Å²) in [5.74, 6) is -0.377. The van der Waals surface area contributed by atoms with Crippen molar-refractivity contribution < 1.29 is 9.18 Å². The molecule has 0 aliphatic rings. The van der Waals surface area contributed by atoms with Crippen LogP contribution in [-0.4, -0.2) is 17.4 Å². The van der Waals surface area contributed by atoms with Crippen molar-refractivity contribution in [3.05, 3.63) is 53.8 Å². The number of anilines is 2. The second-order valence-electron chi connectivity index (χ2n) is 4.05. The van der Waals surface area contributed by atoms with E-state index < -0.39 is 0 Å². The molecule has 0 saturated carbocycles. The first-order valence-corrected chi connectivity index (χ1v) is 6.90. The van der Waals surface area contributed by atoms with Crippen LogP contribution in [0.25, 0.3) is 0 Å². The molecule has 1 amide bonds. The summed E-state index contributed by atoms with van der Waals surface area (Å²) in [5, 5.41) is 8.24. The van der Waals surface area contributed by atoms with Crippen LogP contribution in [0.2, 0.25) is 0 Å². The average Bonchev–Trinajstić information content (AvgIpc) is 2.86. The molecule has 20 heavy (non-hydrogen) atoms. The van der Waals surface area contributed by atoms with Crippen LogP contribution in [0, 0.1) is 5.82 Å². The average molecular weight is 291 g/mol.